The summed E-state index contributed by atoms with van der Waals surface area (Å²) in [6.45, 7) is 3.82. The number of benzene rings is 2. The lowest BCUT2D eigenvalue weighted by Gasteiger charge is -2.19. The van der Waals surface area contributed by atoms with Crippen molar-refractivity contribution in [2.45, 2.75) is 12.5 Å². The van der Waals surface area contributed by atoms with Crippen molar-refractivity contribution >= 4 is 5.69 Å². The first-order valence-electron chi connectivity index (χ1n) is 6.65. The van der Waals surface area contributed by atoms with Crippen LogP contribution in [0.4, 0.5) is 5.69 Å². The molecule has 104 valence electrons. The van der Waals surface area contributed by atoms with Crippen molar-refractivity contribution in [1.82, 2.24) is 5.43 Å². The number of rotatable bonds is 7. The van der Waals surface area contributed by atoms with Crippen molar-refractivity contribution in [3.63, 3.8) is 0 Å². The number of nitrogens with one attached hydrogen (secondary N) is 2. The summed E-state index contributed by atoms with van der Waals surface area (Å²) in [7, 11) is 1.67. The first-order chi connectivity index (χ1) is 9.83. The van der Waals surface area contributed by atoms with Crippen molar-refractivity contribution < 1.29 is 4.74 Å². The molecule has 0 aliphatic rings. The third-order valence-corrected chi connectivity index (χ3v) is 3.09. The highest BCUT2D eigenvalue weighted by molar-refractivity contribution is 5.41. The van der Waals surface area contributed by atoms with E-state index in [1.165, 1.54) is 5.56 Å². The van der Waals surface area contributed by atoms with Gasteiger partial charge in [0.25, 0.3) is 0 Å². The Balaban J connectivity index is 2.04. The van der Waals surface area contributed by atoms with Gasteiger partial charge in [0.15, 0.2) is 0 Å². The lowest BCUT2D eigenvalue weighted by atomic mass is 10.0. The van der Waals surface area contributed by atoms with Crippen LogP contribution in [0.2, 0.25) is 0 Å². The Kier molecular flexibility index (Phi) is 5.21. The zero-order valence-electron chi connectivity index (χ0n) is 11.7. The van der Waals surface area contributed by atoms with Crippen LogP contribution in [0.15, 0.2) is 67.3 Å². The highest BCUT2D eigenvalue weighted by Crippen LogP contribution is 2.20. The van der Waals surface area contributed by atoms with Crippen molar-refractivity contribution in [3.05, 3.63) is 72.8 Å². The number of ether oxygens (including phenoxy) is 1. The molecule has 2 rings (SSSR count). The SMILES string of the molecule is C=CCC(NNc1ccccc1)c1ccc(OC)cc1. The summed E-state index contributed by atoms with van der Waals surface area (Å²) >= 11 is 0. The predicted octanol–water partition coefficient (Wildman–Crippen LogP) is 3.93. The summed E-state index contributed by atoms with van der Waals surface area (Å²) in [5, 5.41) is 0. The Morgan fingerprint density at radius 1 is 1.10 bits per heavy atom. The highest BCUT2D eigenvalue weighted by Gasteiger charge is 2.09. The Bertz CT molecular complexity index is 522. The van der Waals surface area contributed by atoms with Crippen LogP contribution in [0.25, 0.3) is 0 Å². The van der Waals surface area contributed by atoms with E-state index in [0.717, 1.165) is 17.9 Å². The van der Waals surface area contributed by atoms with Crippen LogP contribution < -0.4 is 15.6 Å². The lowest BCUT2D eigenvalue weighted by molar-refractivity contribution is 0.414. The number of anilines is 1. The molecule has 0 aliphatic heterocycles. The molecule has 2 N–H and O–H groups in total. The van der Waals surface area contributed by atoms with Gasteiger partial charge in [-0.1, -0.05) is 36.4 Å². The topological polar surface area (TPSA) is 33.3 Å². The Morgan fingerprint density at radius 2 is 1.80 bits per heavy atom. The van der Waals surface area contributed by atoms with Gasteiger partial charge in [0, 0.05) is 5.69 Å². The molecule has 2 aromatic carbocycles. The van der Waals surface area contributed by atoms with E-state index in [1.54, 1.807) is 7.11 Å². The third kappa shape index (κ3) is 3.87. The molecule has 1 atom stereocenters. The summed E-state index contributed by atoms with van der Waals surface area (Å²) in [4.78, 5) is 0. The molecule has 0 saturated carbocycles. The molecule has 0 saturated heterocycles. The van der Waals surface area contributed by atoms with Crippen molar-refractivity contribution in [2.75, 3.05) is 12.5 Å². The number of hydrogen-bond acceptors (Lipinski definition) is 3. The van der Waals surface area contributed by atoms with Crippen molar-refractivity contribution in [1.29, 1.82) is 0 Å². The van der Waals surface area contributed by atoms with Crippen LogP contribution in [0.5, 0.6) is 5.75 Å². The van der Waals surface area contributed by atoms with Crippen molar-refractivity contribution in [2.24, 2.45) is 0 Å². The predicted molar refractivity (Wildman–Crippen MR) is 83.7 cm³/mol. The lowest BCUT2D eigenvalue weighted by Crippen LogP contribution is -2.26. The maximum Gasteiger partial charge on any atom is 0.118 e. The fourth-order valence-electron chi connectivity index (χ4n) is 1.97. The highest BCUT2D eigenvalue weighted by atomic mass is 16.5. The zero-order chi connectivity index (χ0) is 14.2. The molecule has 0 amide bonds. The normalized spacial score (nSPS) is 11.7. The van der Waals surface area contributed by atoms with Gasteiger partial charge in [0.2, 0.25) is 0 Å². The van der Waals surface area contributed by atoms with Crippen LogP contribution >= 0.6 is 0 Å². The Morgan fingerprint density at radius 3 is 2.40 bits per heavy atom. The molecular formula is C17H20N2O. The van der Waals surface area contributed by atoms with Gasteiger partial charge in [-0.3, -0.25) is 0 Å². The quantitative estimate of drug-likeness (QED) is 0.589. The fourth-order valence-corrected chi connectivity index (χ4v) is 1.97. The molecule has 0 aliphatic carbocycles. The second-order valence-electron chi connectivity index (χ2n) is 4.49. The van der Waals surface area contributed by atoms with Gasteiger partial charge < -0.3 is 10.2 Å². The van der Waals surface area contributed by atoms with E-state index in [0.29, 0.717) is 0 Å². The number of methoxy groups -OCH3 is 1. The minimum absolute atomic E-state index is 0.165. The summed E-state index contributed by atoms with van der Waals surface area (Å²) in [5.74, 6) is 0.863. The monoisotopic (exact) mass is 268 g/mol. The van der Waals surface area contributed by atoms with Gasteiger partial charge in [0.1, 0.15) is 5.75 Å². The third-order valence-electron chi connectivity index (χ3n) is 3.09. The fraction of sp³-hybridized carbons (Fsp3) is 0.176. The first-order valence-corrected chi connectivity index (χ1v) is 6.65. The smallest absolute Gasteiger partial charge is 0.118 e. The number of para-hydroxylation sites is 1. The average Bonchev–Trinajstić information content (AvgIpc) is 2.52. The minimum atomic E-state index is 0.165. The molecule has 3 nitrogen and oxygen atoms in total. The molecule has 2 aromatic rings. The molecule has 0 aromatic heterocycles. The Hall–Kier alpha value is -2.26. The van der Waals surface area contributed by atoms with E-state index in [9.17, 15) is 0 Å². The van der Waals surface area contributed by atoms with E-state index in [2.05, 4.69) is 29.6 Å². The number of hydrogen-bond donors (Lipinski definition) is 2. The van der Waals surface area contributed by atoms with Gasteiger partial charge in [0.05, 0.1) is 13.2 Å². The van der Waals surface area contributed by atoms with Gasteiger partial charge >= 0.3 is 0 Å². The van der Waals surface area contributed by atoms with E-state index >= 15 is 0 Å². The molecule has 0 spiro atoms. The average molecular weight is 268 g/mol. The molecule has 0 radical (unpaired) electrons. The van der Waals surface area contributed by atoms with Crippen LogP contribution in [-0.4, -0.2) is 7.11 Å². The number of hydrazine groups is 1. The maximum absolute atomic E-state index is 5.18. The summed E-state index contributed by atoms with van der Waals surface area (Å²) in [6.07, 6.45) is 2.75. The van der Waals surface area contributed by atoms with Gasteiger partial charge in [-0.25, -0.2) is 5.43 Å². The minimum Gasteiger partial charge on any atom is -0.497 e. The van der Waals surface area contributed by atoms with Crippen LogP contribution in [0.1, 0.15) is 18.0 Å². The Labute approximate surface area is 120 Å². The molecular weight excluding hydrogens is 248 g/mol. The van der Waals surface area contributed by atoms with E-state index in [4.69, 9.17) is 4.74 Å². The van der Waals surface area contributed by atoms with Crippen LogP contribution in [-0.2, 0) is 0 Å². The standard InChI is InChI=1S/C17H20N2O/c1-3-7-17(14-10-12-16(20-2)13-11-14)19-18-15-8-5-4-6-9-15/h3-6,8-13,17-19H,1,7H2,2H3. The summed E-state index contributed by atoms with van der Waals surface area (Å²) < 4.78 is 5.18. The van der Waals surface area contributed by atoms with E-state index in [-0.39, 0.29) is 6.04 Å². The van der Waals surface area contributed by atoms with Crippen LogP contribution in [0.3, 0.4) is 0 Å². The van der Waals surface area contributed by atoms with Gasteiger partial charge in [-0.15, -0.1) is 6.58 Å². The summed E-state index contributed by atoms with van der Waals surface area (Å²) in [6, 6.07) is 18.3. The largest absolute Gasteiger partial charge is 0.497 e. The molecule has 1 unspecified atom stereocenters. The first kappa shape index (κ1) is 14.2. The van der Waals surface area contributed by atoms with Gasteiger partial charge in [-0.2, -0.15) is 0 Å². The van der Waals surface area contributed by atoms with Gasteiger partial charge in [-0.05, 0) is 36.2 Å². The van der Waals surface area contributed by atoms with Crippen molar-refractivity contribution in [3.8, 4) is 5.75 Å². The van der Waals surface area contributed by atoms with E-state index in [1.807, 2.05) is 48.5 Å². The molecule has 0 fully saturated rings. The second-order valence-corrected chi connectivity index (χ2v) is 4.49. The molecule has 0 heterocycles. The zero-order valence-corrected chi connectivity index (χ0v) is 11.7. The molecule has 0 bridgehead atoms. The van der Waals surface area contributed by atoms with Crippen LogP contribution in [0, 0.1) is 0 Å². The molecule has 20 heavy (non-hydrogen) atoms. The summed E-state index contributed by atoms with van der Waals surface area (Å²) in [5.41, 5.74) is 8.78. The maximum atomic E-state index is 5.18. The second kappa shape index (κ2) is 7.36. The van der Waals surface area contributed by atoms with E-state index < -0.39 is 0 Å². The molecule has 3 heteroatoms.